The third-order valence-electron chi connectivity index (χ3n) is 2.47. The van der Waals surface area contributed by atoms with Gasteiger partial charge in [-0.1, -0.05) is 20.8 Å². The van der Waals surface area contributed by atoms with Crippen LogP contribution >= 0.6 is 0 Å². The van der Waals surface area contributed by atoms with E-state index in [4.69, 9.17) is 4.74 Å². The van der Waals surface area contributed by atoms with Crippen molar-refractivity contribution in [3.8, 4) is 0 Å². The fourth-order valence-corrected chi connectivity index (χ4v) is 1.64. The maximum atomic E-state index is 5.90. The van der Waals surface area contributed by atoms with Gasteiger partial charge >= 0.3 is 0 Å². The quantitative estimate of drug-likeness (QED) is 0.723. The summed E-state index contributed by atoms with van der Waals surface area (Å²) in [7, 11) is 0. The van der Waals surface area contributed by atoms with Crippen molar-refractivity contribution in [1.82, 2.24) is 5.32 Å². The Kier molecular flexibility index (Phi) is 4.13. The molecule has 1 unspecified atom stereocenters. The lowest BCUT2D eigenvalue weighted by atomic mass is 10.1. The number of hydrogen-bond acceptors (Lipinski definition) is 2. The zero-order valence-corrected chi connectivity index (χ0v) is 9.02. The molecule has 0 aromatic heterocycles. The van der Waals surface area contributed by atoms with Gasteiger partial charge in [-0.05, 0) is 19.3 Å². The van der Waals surface area contributed by atoms with Crippen LogP contribution in [-0.4, -0.2) is 12.6 Å². The molecule has 76 valence electrons. The summed E-state index contributed by atoms with van der Waals surface area (Å²) in [5, 5.41) is 3.46. The van der Waals surface area contributed by atoms with Gasteiger partial charge in [-0.15, -0.1) is 0 Å². The lowest BCUT2D eigenvalue weighted by Crippen LogP contribution is -2.34. The van der Waals surface area contributed by atoms with E-state index in [1.165, 1.54) is 11.5 Å². The average molecular weight is 183 g/mol. The van der Waals surface area contributed by atoms with Crippen LogP contribution in [0.1, 0.15) is 46.5 Å². The minimum absolute atomic E-state index is 0.386. The lowest BCUT2D eigenvalue weighted by molar-refractivity contribution is 0.0858. The number of hydrogen-bond donors (Lipinski definition) is 1. The van der Waals surface area contributed by atoms with E-state index in [9.17, 15) is 0 Å². The van der Waals surface area contributed by atoms with Crippen molar-refractivity contribution in [3.05, 3.63) is 11.5 Å². The third-order valence-corrected chi connectivity index (χ3v) is 2.47. The Labute approximate surface area is 81.4 Å². The topological polar surface area (TPSA) is 21.3 Å². The summed E-state index contributed by atoms with van der Waals surface area (Å²) in [6.45, 7) is 7.52. The smallest absolute Gasteiger partial charge is 0.115 e. The minimum atomic E-state index is 0.386. The van der Waals surface area contributed by atoms with Crippen molar-refractivity contribution in [2.45, 2.75) is 52.6 Å². The second-order valence-electron chi connectivity index (χ2n) is 3.53. The summed E-state index contributed by atoms with van der Waals surface area (Å²) >= 11 is 0. The third kappa shape index (κ3) is 2.64. The van der Waals surface area contributed by atoms with E-state index in [-0.39, 0.29) is 0 Å². The van der Waals surface area contributed by atoms with Crippen LogP contribution in [0.15, 0.2) is 11.5 Å². The summed E-state index contributed by atoms with van der Waals surface area (Å²) in [5.41, 5.74) is 1.31. The number of allylic oxidation sites excluding steroid dienone is 2. The molecule has 0 amide bonds. The highest BCUT2D eigenvalue weighted by Gasteiger charge is 2.18. The molecule has 0 aromatic carbocycles. The summed E-state index contributed by atoms with van der Waals surface area (Å²) < 4.78 is 5.90. The summed E-state index contributed by atoms with van der Waals surface area (Å²) in [6, 6.07) is 0. The molecule has 1 aliphatic rings. The first-order valence-electron chi connectivity index (χ1n) is 5.44. The van der Waals surface area contributed by atoms with Crippen molar-refractivity contribution < 1.29 is 4.74 Å². The predicted molar refractivity (Wildman–Crippen MR) is 55.4 cm³/mol. The molecule has 1 heterocycles. The number of rotatable bonds is 4. The SMILES string of the molecule is CCCC1=C(CC)NCC(CC)O1. The Balaban J connectivity index is 2.62. The van der Waals surface area contributed by atoms with Crippen LogP contribution in [0.2, 0.25) is 0 Å². The fraction of sp³-hybridized carbons (Fsp3) is 0.818. The van der Waals surface area contributed by atoms with Crippen molar-refractivity contribution in [2.24, 2.45) is 0 Å². The summed E-state index contributed by atoms with van der Waals surface area (Å²) in [6.07, 6.45) is 4.78. The standard InChI is InChI=1S/C11H21NO/c1-4-7-11-10(6-3)12-8-9(5-2)13-11/h9,12H,4-8H2,1-3H3. The van der Waals surface area contributed by atoms with Gasteiger partial charge in [-0.2, -0.15) is 0 Å². The van der Waals surface area contributed by atoms with Gasteiger partial charge in [0.15, 0.2) is 0 Å². The van der Waals surface area contributed by atoms with Gasteiger partial charge in [0.05, 0.1) is 6.54 Å². The second-order valence-corrected chi connectivity index (χ2v) is 3.53. The van der Waals surface area contributed by atoms with Crippen molar-refractivity contribution in [3.63, 3.8) is 0 Å². The van der Waals surface area contributed by atoms with Gasteiger partial charge in [-0.25, -0.2) is 0 Å². The van der Waals surface area contributed by atoms with Gasteiger partial charge in [0.1, 0.15) is 11.9 Å². The summed E-state index contributed by atoms with van der Waals surface area (Å²) in [4.78, 5) is 0. The van der Waals surface area contributed by atoms with Gasteiger partial charge in [0.2, 0.25) is 0 Å². The van der Waals surface area contributed by atoms with Gasteiger partial charge in [-0.3, -0.25) is 0 Å². The Morgan fingerprint density at radius 3 is 2.69 bits per heavy atom. The molecule has 0 fully saturated rings. The van der Waals surface area contributed by atoms with Crippen molar-refractivity contribution in [2.75, 3.05) is 6.54 Å². The van der Waals surface area contributed by atoms with Gasteiger partial charge in [0, 0.05) is 12.1 Å². The first kappa shape index (κ1) is 10.4. The maximum absolute atomic E-state index is 5.90. The molecule has 13 heavy (non-hydrogen) atoms. The Morgan fingerprint density at radius 1 is 1.38 bits per heavy atom. The molecule has 0 bridgehead atoms. The molecule has 0 saturated heterocycles. The van der Waals surface area contributed by atoms with Crippen LogP contribution in [0, 0.1) is 0 Å². The first-order valence-corrected chi connectivity index (χ1v) is 5.44. The van der Waals surface area contributed by atoms with Crippen LogP contribution in [0.25, 0.3) is 0 Å². The van der Waals surface area contributed by atoms with Crippen LogP contribution in [0.4, 0.5) is 0 Å². The van der Waals surface area contributed by atoms with E-state index < -0.39 is 0 Å². The highest BCUT2D eigenvalue weighted by molar-refractivity contribution is 5.09. The van der Waals surface area contributed by atoms with Crippen molar-refractivity contribution in [1.29, 1.82) is 0 Å². The highest BCUT2D eigenvalue weighted by atomic mass is 16.5. The Bertz CT molecular complexity index is 187. The Hall–Kier alpha value is -0.660. The van der Waals surface area contributed by atoms with E-state index in [0.29, 0.717) is 6.10 Å². The second kappa shape index (κ2) is 5.15. The molecule has 1 aliphatic heterocycles. The van der Waals surface area contributed by atoms with Crippen molar-refractivity contribution >= 4 is 0 Å². The molecular formula is C11H21NO. The van der Waals surface area contributed by atoms with E-state index >= 15 is 0 Å². The number of nitrogens with one attached hydrogen (secondary N) is 1. The molecule has 0 saturated carbocycles. The summed E-state index contributed by atoms with van der Waals surface area (Å²) in [5.74, 6) is 1.20. The monoisotopic (exact) mass is 183 g/mol. The van der Waals surface area contributed by atoms with E-state index in [2.05, 4.69) is 26.1 Å². The largest absolute Gasteiger partial charge is 0.491 e. The molecule has 0 aromatic rings. The first-order chi connectivity index (χ1) is 6.31. The molecule has 0 radical (unpaired) electrons. The molecule has 2 heteroatoms. The van der Waals surface area contributed by atoms with E-state index in [1.54, 1.807) is 0 Å². The zero-order valence-electron chi connectivity index (χ0n) is 9.02. The molecule has 1 atom stereocenters. The maximum Gasteiger partial charge on any atom is 0.115 e. The van der Waals surface area contributed by atoms with Crippen LogP contribution in [-0.2, 0) is 4.74 Å². The van der Waals surface area contributed by atoms with E-state index in [1.807, 2.05) is 0 Å². The van der Waals surface area contributed by atoms with Crippen LogP contribution in [0.5, 0.6) is 0 Å². The zero-order chi connectivity index (χ0) is 9.68. The highest BCUT2D eigenvalue weighted by Crippen LogP contribution is 2.20. The molecule has 1 N–H and O–H groups in total. The fourth-order valence-electron chi connectivity index (χ4n) is 1.64. The minimum Gasteiger partial charge on any atom is -0.491 e. The van der Waals surface area contributed by atoms with Gasteiger partial charge < -0.3 is 10.1 Å². The van der Waals surface area contributed by atoms with Crippen LogP contribution in [0.3, 0.4) is 0 Å². The molecule has 2 nitrogen and oxygen atoms in total. The normalized spacial score (nSPS) is 22.5. The number of ether oxygens (including phenoxy) is 1. The predicted octanol–water partition coefficient (Wildman–Crippen LogP) is 2.81. The molecular weight excluding hydrogens is 162 g/mol. The lowest BCUT2D eigenvalue weighted by Gasteiger charge is -2.29. The molecule has 0 aliphatic carbocycles. The molecule has 0 spiro atoms. The van der Waals surface area contributed by atoms with E-state index in [0.717, 1.165) is 32.2 Å². The van der Waals surface area contributed by atoms with Crippen LogP contribution < -0.4 is 5.32 Å². The average Bonchev–Trinajstić information content (AvgIpc) is 2.18. The Morgan fingerprint density at radius 2 is 2.15 bits per heavy atom. The van der Waals surface area contributed by atoms with Gasteiger partial charge in [0.25, 0.3) is 0 Å². The molecule has 1 rings (SSSR count).